The van der Waals surface area contributed by atoms with Gasteiger partial charge in [0, 0.05) is 30.8 Å². The molecule has 1 aromatic heterocycles. The fourth-order valence-electron chi connectivity index (χ4n) is 3.94. The van der Waals surface area contributed by atoms with E-state index in [1.165, 1.54) is 0 Å². The van der Waals surface area contributed by atoms with Crippen LogP contribution in [-0.2, 0) is 34.5 Å². The molecule has 0 radical (unpaired) electrons. The zero-order valence-electron chi connectivity index (χ0n) is 20.2. The molecule has 4 atom stereocenters. The summed E-state index contributed by atoms with van der Waals surface area (Å²) in [7, 11) is 1.91. The highest BCUT2D eigenvalue weighted by molar-refractivity contribution is 7.99. The lowest BCUT2D eigenvalue weighted by Gasteiger charge is -2.41. The topological polar surface area (TPSA) is 98.5 Å². The maximum Gasteiger partial charge on any atom is 0.272 e. The van der Waals surface area contributed by atoms with Crippen LogP contribution >= 0.6 is 46.6 Å². The quantitative estimate of drug-likeness (QED) is 0.287. The number of nitrogens with zero attached hydrogens (tertiary/aromatic N) is 3. The standard InChI is InChI=1S/C25H27Cl3N4O4S/c1-15-20(13-37-24-31-30-14-32(24)2)35-22(36-21(15)18-7-5-17(12-33)6-8-18)19-9-3-16(4-10-19)11-29-23(34)25(26,27)28/h3-10,14-15,20-22,33H,11-13H2,1-2H3,(H,29,34)/t15-,20+,21+,22+/m0/s1. The Bertz CT molecular complexity index is 1190. The minimum absolute atomic E-state index is 0.0154. The second-order valence-electron chi connectivity index (χ2n) is 8.78. The van der Waals surface area contributed by atoms with Crippen molar-refractivity contribution in [2.75, 3.05) is 5.75 Å². The van der Waals surface area contributed by atoms with Crippen molar-refractivity contribution in [1.82, 2.24) is 20.1 Å². The highest BCUT2D eigenvalue weighted by Crippen LogP contribution is 2.42. The van der Waals surface area contributed by atoms with Crippen molar-refractivity contribution in [3.8, 4) is 0 Å². The predicted molar refractivity (Wildman–Crippen MR) is 143 cm³/mol. The molecule has 8 nitrogen and oxygen atoms in total. The van der Waals surface area contributed by atoms with Gasteiger partial charge in [0.1, 0.15) is 6.33 Å². The Morgan fingerprint density at radius 3 is 2.32 bits per heavy atom. The molecule has 1 amide bonds. The Morgan fingerprint density at radius 1 is 1.08 bits per heavy atom. The van der Waals surface area contributed by atoms with E-state index in [2.05, 4.69) is 22.4 Å². The molecule has 0 saturated carbocycles. The van der Waals surface area contributed by atoms with Gasteiger partial charge in [0.05, 0.1) is 18.8 Å². The molecule has 1 fully saturated rings. The molecule has 198 valence electrons. The number of ether oxygens (including phenoxy) is 2. The molecule has 0 bridgehead atoms. The number of aromatic nitrogens is 3. The molecule has 2 heterocycles. The van der Waals surface area contributed by atoms with Crippen molar-refractivity contribution in [3.05, 3.63) is 77.1 Å². The van der Waals surface area contributed by atoms with Crippen molar-refractivity contribution in [2.45, 2.75) is 47.5 Å². The fraction of sp³-hybridized carbons (Fsp3) is 0.400. The van der Waals surface area contributed by atoms with Gasteiger partial charge in [-0.1, -0.05) is 102 Å². The zero-order valence-corrected chi connectivity index (χ0v) is 23.3. The van der Waals surface area contributed by atoms with Crippen LogP contribution in [0.5, 0.6) is 0 Å². The summed E-state index contributed by atoms with van der Waals surface area (Å²) in [4.78, 5) is 11.8. The second-order valence-corrected chi connectivity index (χ2v) is 12.0. The number of amides is 1. The summed E-state index contributed by atoms with van der Waals surface area (Å²) in [5.74, 6) is 0.0288. The first-order valence-corrected chi connectivity index (χ1v) is 13.7. The number of carbonyl (C=O) groups excluding carboxylic acids is 1. The van der Waals surface area contributed by atoms with Crippen molar-refractivity contribution < 1.29 is 19.4 Å². The minimum atomic E-state index is -2.01. The van der Waals surface area contributed by atoms with Crippen LogP contribution in [0, 0.1) is 5.92 Å². The van der Waals surface area contributed by atoms with Crippen LogP contribution in [0.1, 0.15) is 41.6 Å². The maximum absolute atomic E-state index is 11.8. The first-order valence-electron chi connectivity index (χ1n) is 11.6. The number of aryl methyl sites for hydroxylation is 1. The van der Waals surface area contributed by atoms with Gasteiger partial charge in [0.2, 0.25) is 0 Å². The summed E-state index contributed by atoms with van der Waals surface area (Å²) >= 11 is 18.4. The summed E-state index contributed by atoms with van der Waals surface area (Å²) in [6.45, 7) is 2.31. The number of benzene rings is 2. The summed E-state index contributed by atoms with van der Waals surface area (Å²) in [5.41, 5.74) is 3.53. The van der Waals surface area contributed by atoms with E-state index in [0.717, 1.165) is 27.4 Å². The number of nitrogens with one attached hydrogen (secondary N) is 1. The van der Waals surface area contributed by atoms with Gasteiger partial charge in [0.25, 0.3) is 9.70 Å². The van der Waals surface area contributed by atoms with Gasteiger partial charge < -0.3 is 24.5 Å². The van der Waals surface area contributed by atoms with Crippen LogP contribution in [0.25, 0.3) is 0 Å². The Morgan fingerprint density at radius 2 is 1.73 bits per heavy atom. The Hall–Kier alpha value is -1.85. The van der Waals surface area contributed by atoms with E-state index in [-0.39, 0.29) is 31.3 Å². The van der Waals surface area contributed by atoms with Crippen LogP contribution < -0.4 is 5.32 Å². The number of aliphatic hydroxyl groups excluding tert-OH is 1. The van der Waals surface area contributed by atoms with Crippen LogP contribution in [-0.4, -0.2) is 41.4 Å². The Balaban J connectivity index is 1.51. The van der Waals surface area contributed by atoms with E-state index >= 15 is 0 Å². The molecule has 0 aliphatic carbocycles. The van der Waals surface area contributed by atoms with Crippen LogP contribution in [0.4, 0.5) is 0 Å². The van der Waals surface area contributed by atoms with Crippen molar-refractivity contribution >= 4 is 52.5 Å². The maximum atomic E-state index is 11.8. The van der Waals surface area contributed by atoms with E-state index in [0.29, 0.717) is 5.75 Å². The second kappa shape index (κ2) is 12.3. The van der Waals surface area contributed by atoms with E-state index in [1.807, 2.05) is 60.1 Å². The number of halogens is 3. The number of alkyl halides is 3. The molecule has 2 N–H and O–H groups in total. The molecule has 4 rings (SSSR count). The average molecular weight is 586 g/mol. The van der Waals surface area contributed by atoms with Crippen molar-refractivity contribution in [2.24, 2.45) is 13.0 Å². The molecule has 2 aromatic carbocycles. The smallest absolute Gasteiger partial charge is 0.272 e. The minimum Gasteiger partial charge on any atom is -0.392 e. The number of rotatable bonds is 8. The van der Waals surface area contributed by atoms with Gasteiger partial charge in [-0.3, -0.25) is 4.79 Å². The lowest BCUT2D eigenvalue weighted by atomic mass is 9.91. The molecule has 1 saturated heterocycles. The normalized spacial score (nSPS) is 22.1. The summed E-state index contributed by atoms with van der Waals surface area (Å²) in [6.07, 6.45) is 0.710. The zero-order chi connectivity index (χ0) is 26.6. The van der Waals surface area contributed by atoms with Crippen LogP contribution in [0.15, 0.2) is 60.0 Å². The van der Waals surface area contributed by atoms with Gasteiger partial charge in [-0.05, 0) is 16.7 Å². The molecular weight excluding hydrogens is 559 g/mol. The largest absolute Gasteiger partial charge is 0.392 e. The molecule has 1 aliphatic heterocycles. The van der Waals surface area contributed by atoms with E-state index in [9.17, 15) is 9.90 Å². The highest BCUT2D eigenvalue weighted by atomic mass is 35.6. The van der Waals surface area contributed by atoms with Gasteiger partial charge in [0.15, 0.2) is 11.4 Å². The van der Waals surface area contributed by atoms with Gasteiger partial charge in [-0.25, -0.2) is 0 Å². The van der Waals surface area contributed by atoms with E-state index in [4.69, 9.17) is 44.3 Å². The molecule has 0 spiro atoms. The van der Waals surface area contributed by atoms with Gasteiger partial charge in [-0.15, -0.1) is 10.2 Å². The number of hydrogen-bond acceptors (Lipinski definition) is 7. The molecule has 3 aromatic rings. The Labute approximate surface area is 234 Å². The van der Waals surface area contributed by atoms with Gasteiger partial charge >= 0.3 is 0 Å². The number of thioether (sulfide) groups is 1. The number of hydrogen-bond donors (Lipinski definition) is 2. The summed E-state index contributed by atoms with van der Waals surface area (Å²) in [6, 6.07) is 15.3. The summed E-state index contributed by atoms with van der Waals surface area (Å²) in [5, 5.41) is 20.9. The average Bonchev–Trinajstić information content (AvgIpc) is 3.31. The van der Waals surface area contributed by atoms with E-state index < -0.39 is 16.0 Å². The monoisotopic (exact) mass is 584 g/mol. The molecule has 1 aliphatic rings. The van der Waals surface area contributed by atoms with E-state index in [1.54, 1.807) is 18.1 Å². The van der Waals surface area contributed by atoms with Crippen LogP contribution in [0.2, 0.25) is 0 Å². The molecular formula is C25H27Cl3N4O4S. The summed E-state index contributed by atoms with van der Waals surface area (Å²) < 4.78 is 12.8. The third-order valence-electron chi connectivity index (χ3n) is 6.13. The molecule has 12 heteroatoms. The first kappa shape index (κ1) is 28.2. The number of aliphatic hydroxyl groups is 1. The lowest BCUT2D eigenvalue weighted by molar-refractivity contribution is -0.268. The van der Waals surface area contributed by atoms with Crippen LogP contribution in [0.3, 0.4) is 0 Å². The van der Waals surface area contributed by atoms with Gasteiger partial charge in [-0.2, -0.15) is 0 Å². The van der Waals surface area contributed by atoms with Crippen molar-refractivity contribution in [3.63, 3.8) is 0 Å². The molecule has 37 heavy (non-hydrogen) atoms. The predicted octanol–water partition coefficient (Wildman–Crippen LogP) is 4.88. The lowest BCUT2D eigenvalue weighted by Crippen LogP contribution is -2.38. The molecule has 0 unspecified atom stereocenters. The fourth-order valence-corrected chi connectivity index (χ4v) is 5.20. The highest BCUT2D eigenvalue weighted by Gasteiger charge is 2.38. The number of carbonyl (C=O) groups is 1. The SMILES string of the molecule is C[C@H]1[C@@H](CSc2nncn2C)O[C@@H](c2ccc(CNC(=O)C(Cl)(Cl)Cl)cc2)O[C@H]1c1ccc(CO)cc1. The Kier molecular flexibility index (Phi) is 9.39. The third-order valence-corrected chi connectivity index (χ3v) is 7.77. The van der Waals surface area contributed by atoms with Crippen molar-refractivity contribution in [1.29, 1.82) is 0 Å². The third kappa shape index (κ3) is 7.17. The first-order chi connectivity index (χ1) is 17.7.